The van der Waals surface area contributed by atoms with Gasteiger partial charge in [-0.05, 0) is 77.0 Å². The summed E-state index contributed by atoms with van der Waals surface area (Å²) in [5.41, 5.74) is 0. The maximum absolute atomic E-state index is 12.9. The molecule has 0 aromatic carbocycles. The molecule has 6 heteroatoms. The molecule has 0 amide bonds. The monoisotopic (exact) mass is 1040 g/mol. The van der Waals surface area contributed by atoms with Gasteiger partial charge in [-0.25, -0.2) is 0 Å². The summed E-state index contributed by atoms with van der Waals surface area (Å²) in [5.74, 6) is -0.850. The fourth-order valence-corrected chi connectivity index (χ4v) is 9.88. The van der Waals surface area contributed by atoms with Crippen molar-refractivity contribution in [2.45, 2.75) is 367 Å². The lowest BCUT2D eigenvalue weighted by Gasteiger charge is -2.18. The lowest BCUT2D eigenvalue weighted by molar-refractivity contribution is -0.167. The molecule has 0 aliphatic rings. The van der Waals surface area contributed by atoms with Crippen molar-refractivity contribution < 1.29 is 28.6 Å². The molecule has 0 aliphatic carbocycles. The number of allylic oxidation sites excluding steroid dienone is 6. The highest BCUT2D eigenvalue weighted by atomic mass is 16.6. The number of carbonyl (C=O) groups is 3. The third-order valence-corrected chi connectivity index (χ3v) is 14.9. The molecule has 0 saturated carbocycles. The molecule has 434 valence electrons. The number of hydrogen-bond acceptors (Lipinski definition) is 6. The molecular weight excluding hydrogens is 913 g/mol. The summed E-state index contributed by atoms with van der Waals surface area (Å²) in [7, 11) is 0. The molecule has 0 spiro atoms. The van der Waals surface area contributed by atoms with Gasteiger partial charge in [0.25, 0.3) is 0 Å². The highest BCUT2D eigenvalue weighted by Gasteiger charge is 2.19. The van der Waals surface area contributed by atoms with Crippen LogP contribution in [0.3, 0.4) is 0 Å². The van der Waals surface area contributed by atoms with Crippen LogP contribution in [0.5, 0.6) is 0 Å². The van der Waals surface area contributed by atoms with E-state index in [0.717, 1.165) is 64.2 Å². The van der Waals surface area contributed by atoms with Crippen molar-refractivity contribution in [1.82, 2.24) is 0 Å². The Labute approximate surface area is 461 Å². The van der Waals surface area contributed by atoms with E-state index in [9.17, 15) is 14.4 Å². The zero-order chi connectivity index (χ0) is 53.6. The number of carbonyl (C=O) groups excluding carboxylic acids is 3. The van der Waals surface area contributed by atoms with Crippen LogP contribution in [0.2, 0.25) is 0 Å². The van der Waals surface area contributed by atoms with Gasteiger partial charge in [-0.1, -0.05) is 301 Å². The average molecular weight is 1040 g/mol. The van der Waals surface area contributed by atoms with Gasteiger partial charge in [-0.2, -0.15) is 0 Å². The van der Waals surface area contributed by atoms with Crippen LogP contribution < -0.4 is 0 Å². The van der Waals surface area contributed by atoms with Crippen LogP contribution in [-0.4, -0.2) is 37.2 Å². The Morgan fingerprint density at radius 3 is 0.784 bits per heavy atom. The van der Waals surface area contributed by atoms with E-state index in [1.54, 1.807) is 0 Å². The first-order valence-corrected chi connectivity index (χ1v) is 33.0. The van der Waals surface area contributed by atoms with Crippen LogP contribution in [-0.2, 0) is 28.6 Å². The van der Waals surface area contributed by atoms with Gasteiger partial charge in [0.15, 0.2) is 6.10 Å². The molecule has 0 radical (unpaired) electrons. The smallest absolute Gasteiger partial charge is 0.306 e. The highest BCUT2D eigenvalue weighted by Crippen LogP contribution is 2.17. The summed E-state index contributed by atoms with van der Waals surface area (Å²) in [6.07, 6.45) is 77.2. The molecule has 0 heterocycles. The molecule has 0 fully saturated rings. The molecule has 0 saturated heterocycles. The molecule has 6 nitrogen and oxygen atoms in total. The first-order chi connectivity index (χ1) is 36.5. The molecule has 74 heavy (non-hydrogen) atoms. The van der Waals surface area contributed by atoms with Gasteiger partial charge in [0.2, 0.25) is 0 Å². The summed E-state index contributed by atoms with van der Waals surface area (Å²) >= 11 is 0. The number of rotatable bonds is 61. The molecule has 0 rings (SSSR count). The minimum Gasteiger partial charge on any atom is -0.462 e. The van der Waals surface area contributed by atoms with E-state index in [-0.39, 0.29) is 31.1 Å². The maximum Gasteiger partial charge on any atom is 0.306 e. The van der Waals surface area contributed by atoms with E-state index in [1.807, 2.05) is 0 Å². The molecule has 0 bridgehead atoms. The van der Waals surface area contributed by atoms with Crippen molar-refractivity contribution in [3.8, 4) is 0 Å². The van der Waals surface area contributed by atoms with Gasteiger partial charge in [-0.3, -0.25) is 14.4 Å². The Morgan fingerprint density at radius 1 is 0.270 bits per heavy atom. The lowest BCUT2D eigenvalue weighted by Crippen LogP contribution is -2.30. The molecule has 0 N–H and O–H groups in total. The van der Waals surface area contributed by atoms with Crippen molar-refractivity contribution in [3.05, 3.63) is 36.5 Å². The molecule has 0 aromatic heterocycles. The molecule has 1 unspecified atom stereocenters. The van der Waals surface area contributed by atoms with E-state index in [1.165, 1.54) is 257 Å². The number of unbranched alkanes of at least 4 members (excludes halogenated alkanes) is 44. The Kier molecular flexibility index (Phi) is 61.1. The zero-order valence-electron chi connectivity index (χ0n) is 49.9. The fraction of sp³-hybridized carbons (Fsp3) is 0.868. The number of hydrogen-bond donors (Lipinski definition) is 0. The minimum absolute atomic E-state index is 0.0698. The predicted octanol–water partition coefficient (Wildman–Crippen LogP) is 22.4. The largest absolute Gasteiger partial charge is 0.462 e. The Balaban J connectivity index is 4.32. The van der Waals surface area contributed by atoms with Gasteiger partial charge in [0.05, 0.1) is 0 Å². The predicted molar refractivity (Wildman–Crippen MR) is 321 cm³/mol. The topological polar surface area (TPSA) is 78.9 Å². The van der Waals surface area contributed by atoms with Crippen LogP contribution in [0.15, 0.2) is 36.5 Å². The summed E-state index contributed by atoms with van der Waals surface area (Å²) in [6, 6.07) is 0. The summed E-state index contributed by atoms with van der Waals surface area (Å²) in [5, 5.41) is 0. The Bertz CT molecular complexity index is 1240. The summed E-state index contributed by atoms with van der Waals surface area (Å²) < 4.78 is 17.0. The van der Waals surface area contributed by atoms with Crippen molar-refractivity contribution in [3.63, 3.8) is 0 Å². The fourth-order valence-electron chi connectivity index (χ4n) is 9.88. The van der Waals surface area contributed by atoms with Gasteiger partial charge in [-0.15, -0.1) is 0 Å². The molecule has 0 aliphatic heterocycles. The second kappa shape index (κ2) is 63.2. The van der Waals surface area contributed by atoms with Crippen molar-refractivity contribution >= 4 is 17.9 Å². The first kappa shape index (κ1) is 71.6. The second-order valence-electron chi connectivity index (χ2n) is 22.4. The average Bonchev–Trinajstić information content (AvgIpc) is 3.40. The standard InChI is InChI=1S/C68H126O6/c1-4-7-10-13-16-19-22-25-28-31-33-34-36-37-40-43-46-49-52-55-58-61-67(70)73-64-65(63-72-66(69)60-57-54-51-48-45-42-39-30-27-24-21-18-15-12-9-6-3)74-68(71)62-59-56-53-50-47-44-41-38-35-32-29-26-23-20-17-14-11-8-5-2/h17,20,26,29,31,33,65H,4-16,18-19,21-25,27-28,30,32,34-64H2,1-3H3/b20-17-,29-26-,33-31-. The number of esters is 3. The second-order valence-corrected chi connectivity index (χ2v) is 22.4. The van der Waals surface area contributed by atoms with Crippen LogP contribution in [0.1, 0.15) is 361 Å². The summed E-state index contributed by atoms with van der Waals surface area (Å²) in [4.78, 5) is 38.4. The SMILES string of the molecule is CCCCC/C=C\C/C=C\CCCCCCCCCCCC(=O)OC(COC(=O)CCCCCCCCCCC/C=C\CCCCCCCCCC)COC(=O)CCCCCCCCCCCCCCCCCC. The van der Waals surface area contributed by atoms with Crippen molar-refractivity contribution in [2.75, 3.05) is 13.2 Å². The zero-order valence-corrected chi connectivity index (χ0v) is 49.9. The van der Waals surface area contributed by atoms with Crippen molar-refractivity contribution in [1.29, 1.82) is 0 Å². The van der Waals surface area contributed by atoms with Crippen LogP contribution in [0, 0.1) is 0 Å². The van der Waals surface area contributed by atoms with E-state index in [0.29, 0.717) is 19.3 Å². The van der Waals surface area contributed by atoms with E-state index in [2.05, 4.69) is 57.2 Å². The van der Waals surface area contributed by atoms with Crippen LogP contribution >= 0.6 is 0 Å². The van der Waals surface area contributed by atoms with Gasteiger partial charge in [0.1, 0.15) is 13.2 Å². The normalized spacial score (nSPS) is 12.2. The molecule has 0 aromatic rings. The molecular formula is C68H126O6. The summed E-state index contributed by atoms with van der Waals surface area (Å²) in [6.45, 7) is 6.68. The Hall–Kier alpha value is -2.37. The van der Waals surface area contributed by atoms with E-state index in [4.69, 9.17) is 14.2 Å². The number of ether oxygens (including phenoxy) is 3. The van der Waals surface area contributed by atoms with Crippen molar-refractivity contribution in [2.24, 2.45) is 0 Å². The van der Waals surface area contributed by atoms with Crippen LogP contribution in [0.4, 0.5) is 0 Å². The highest BCUT2D eigenvalue weighted by molar-refractivity contribution is 5.71. The third kappa shape index (κ3) is 60.5. The van der Waals surface area contributed by atoms with E-state index >= 15 is 0 Å². The Morgan fingerprint density at radius 2 is 0.486 bits per heavy atom. The maximum atomic E-state index is 12.9. The van der Waals surface area contributed by atoms with Gasteiger partial charge >= 0.3 is 17.9 Å². The third-order valence-electron chi connectivity index (χ3n) is 14.9. The lowest BCUT2D eigenvalue weighted by atomic mass is 10.0. The molecule has 1 atom stereocenters. The van der Waals surface area contributed by atoms with Gasteiger partial charge in [0, 0.05) is 19.3 Å². The first-order valence-electron chi connectivity index (χ1n) is 33.0. The quantitative estimate of drug-likeness (QED) is 0.0261. The van der Waals surface area contributed by atoms with E-state index < -0.39 is 6.10 Å². The van der Waals surface area contributed by atoms with Crippen LogP contribution in [0.25, 0.3) is 0 Å². The van der Waals surface area contributed by atoms with Gasteiger partial charge < -0.3 is 14.2 Å². The minimum atomic E-state index is -0.774.